The maximum absolute atomic E-state index is 13.7. The second kappa shape index (κ2) is 7.58. The molecular formula is C16H23F2NO. The molecule has 2 atom stereocenters. The molecule has 0 saturated heterocycles. The summed E-state index contributed by atoms with van der Waals surface area (Å²) in [6.45, 7) is 2.91. The van der Waals surface area contributed by atoms with E-state index in [4.69, 9.17) is 4.74 Å². The average molecular weight is 283 g/mol. The minimum absolute atomic E-state index is 0.0264. The Morgan fingerprint density at radius 2 is 1.90 bits per heavy atom. The first kappa shape index (κ1) is 15.2. The maximum Gasteiger partial charge on any atom is 0.165 e. The molecule has 0 amide bonds. The van der Waals surface area contributed by atoms with Crippen LogP contribution >= 0.6 is 0 Å². The van der Waals surface area contributed by atoms with E-state index in [2.05, 4.69) is 12.2 Å². The Labute approximate surface area is 119 Å². The number of benzene rings is 1. The molecule has 1 fully saturated rings. The van der Waals surface area contributed by atoms with Gasteiger partial charge in [0.1, 0.15) is 11.9 Å². The summed E-state index contributed by atoms with van der Waals surface area (Å²) in [6, 6.07) is 3.58. The van der Waals surface area contributed by atoms with E-state index in [-0.39, 0.29) is 17.9 Å². The minimum atomic E-state index is -0.497. The number of nitrogens with one attached hydrogen (secondary N) is 1. The van der Waals surface area contributed by atoms with Gasteiger partial charge in [-0.05, 0) is 37.9 Å². The van der Waals surface area contributed by atoms with Crippen LogP contribution < -0.4 is 10.1 Å². The molecule has 2 rings (SSSR count). The van der Waals surface area contributed by atoms with Gasteiger partial charge in [-0.25, -0.2) is 8.78 Å². The third-order valence-corrected chi connectivity index (χ3v) is 3.84. The van der Waals surface area contributed by atoms with Crippen molar-refractivity contribution in [3.8, 4) is 5.75 Å². The van der Waals surface area contributed by atoms with Crippen LogP contribution in [0, 0.1) is 11.6 Å². The molecule has 2 nitrogen and oxygen atoms in total. The summed E-state index contributed by atoms with van der Waals surface area (Å²) in [5, 5.41) is 3.42. The van der Waals surface area contributed by atoms with Gasteiger partial charge < -0.3 is 10.1 Å². The highest BCUT2D eigenvalue weighted by Gasteiger charge is 2.24. The zero-order chi connectivity index (χ0) is 14.4. The molecule has 0 spiro atoms. The van der Waals surface area contributed by atoms with Crippen LogP contribution in [0.5, 0.6) is 5.75 Å². The van der Waals surface area contributed by atoms with Crippen molar-refractivity contribution in [1.29, 1.82) is 0 Å². The van der Waals surface area contributed by atoms with E-state index in [1.165, 1.54) is 12.8 Å². The van der Waals surface area contributed by atoms with E-state index in [9.17, 15) is 8.78 Å². The average Bonchev–Trinajstić information content (AvgIpc) is 2.41. The Hall–Kier alpha value is -1.16. The summed E-state index contributed by atoms with van der Waals surface area (Å²) in [6.07, 6.45) is 6.47. The maximum atomic E-state index is 13.7. The van der Waals surface area contributed by atoms with E-state index in [0.717, 1.165) is 50.4 Å². The second-order valence-corrected chi connectivity index (χ2v) is 5.39. The van der Waals surface area contributed by atoms with Crippen molar-refractivity contribution in [3.63, 3.8) is 0 Å². The highest BCUT2D eigenvalue weighted by molar-refractivity contribution is 5.25. The highest BCUT2D eigenvalue weighted by atomic mass is 19.1. The van der Waals surface area contributed by atoms with Gasteiger partial charge in [-0.2, -0.15) is 0 Å². The summed E-state index contributed by atoms with van der Waals surface area (Å²) in [7, 11) is 0. The lowest BCUT2D eigenvalue weighted by atomic mass is 9.94. The number of ether oxygens (including phenoxy) is 1. The van der Waals surface area contributed by atoms with Gasteiger partial charge in [0, 0.05) is 12.1 Å². The molecule has 0 aromatic heterocycles. The van der Waals surface area contributed by atoms with Gasteiger partial charge in [0.25, 0.3) is 0 Å². The van der Waals surface area contributed by atoms with Crippen LogP contribution in [-0.2, 0) is 0 Å². The SMILES string of the molecule is CCNC1CCCCCCC1Oc1cc(F)ccc1F. The molecule has 0 bridgehead atoms. The molecule has 0 radical (unpaired) electrons. The Bertz CT molecular complexity index is 425. The first-order valence-corrected chi connectivity index (χ1v) is 7.55. The van der Waals surface area contributed by atoms with Gasteiger partial charge in [-0.15, -0.1) is 0 Å². The predicted octanol–water partition coefficient (Wildman–Crippen LogP) is 4.04. The van der Waals surface area contributed by atoms with E-state index in [0.29, 0.717) is 0 Å². The fraction of sp³-hybridized carbons (Fsp3) is 0.625. The lowest BCUT2D eigenvalue weighted by Crippen LogP contribution is -2.43. The van der Waals surface area contributed by atoms with Crippen LogP contribution in [0.1, 0.15) is 45.4 Å². The highest BCUT2D eigenvalue weighted by Crippen LogP contribution is 2.25. The third-order valence-electron chi connectivity index (χ3n) is 3.84. The van der Waals surface area contributed by atoms with Gasteiger partial charge in [0.2, 0.25) is 0 Å². The summed E-state index contributed by atoms with van der Waals surface area (Å²) in [4.78, 5) is 0. The number of likely N-dealkylation sites (N-methyl/N-ethyl adjacent to an activating group) is 1. The van der Waals surface area contributed by atoms with Crippen LogP contribution in [0.25, 0.3) is 0 Å². The van der Waals surface area contributed by atoms with E-state index in [1.807, 2.05) is 0 Å². The largest absolute Gasteiger partial charge is 0.486 e. The molecule has 4 heteroatoms. The van der Waals surface area contributed by atoms with Crippen molar-refractivity contribution in [2.24, 2.45) is 0 Å². The van der Waals surface area contributed by atoms with E-state index in [1.54, 1.807) is 0 Å². The van der Waals surface area contributed by atoms with E-state index < -0.39 is 11.6 Å². The molecule has 0 heterocycles. The van der Waals surface area contributed by atoms with Crippen LogP contribution in [-0.4, -0.2) is 18.7 Å². The number of rotatable bonds is 4. The van der Waals surface area contributed by atoms with Crippen molar-refractivity contribution in [1.82, 2.24) is 5.32 Å². The van der Waals surface area contributed by atoms with Gasteiger partial charge in [-0.3, -0.25) is 0 Å². The number of hydrogen-bond acceptors (Lipinski definition) is 2. The molecule has 1 aliphatic carbocycles. The van der Waals surface area contributed by atoms with Crippen LogP contribution in [0.15, 0.2) is 18.2 Å². The normalized spacial score (nSPS) is 23.9. The first-order chi connectivity index (χ1) is 9.70. The van der Waals surface area contributed by atoms with Crippen molar-refractivity contribution in [2.45, 2.75) is 57.6 Å². The zero-order valence-corrected chi connectivity index (χ0v) is 12.0. The quantitative estimate of drug-likeness (QED) is 0.900. The van der Waals surface area contributed by atoms with E-state index >= 15 is 0 Å². The topological polar surface area (TPSA) is 21.3 Å². The standard InChI is InChI=1S/C16H23F2NO/c1-2-19-14-7-5-3-4-6-8-15(14)20-16-11-12(17)9-10-13(16)18/h9-11,14-15,19H,2-8H2,1H3. The van der Waals surface area contributed by atoms with Crippen molar-refractivity contribution < 1.29 is 13.5 Å². The summed E-state index contributed by atoms with van der Waals surface area (Å²) >= 11 is 0. The van der Waals surface area contributed by atoms with Crippen LogP contribution in [0.3, 0.4) is 0 Å². The van der Waals surface area contributed by atoms with Crippen molar-refractivity contribution in [2.75, 3.05) is 6.54 Å². The minimum Gasteiger partial charge on any atom is -0.486 e. The molecule has 20 heavy (non-hydrogen) atoms. The molecule has 1 aliphatic rings. The second-order valence-electron chi connectivity index (χ2n) is 5.39. The molecule has 1 N–H and O–H groups in total. The van der Waals surface area contributed by atoms with Gasteiger partial charge >= 0.3 is 0 Å². The lowest BCUT2D eigenvalue weighted by molar-refractivity contribution is 0.122. The molecule has 2 unspecified atom stereocenters. The van der Waals surface area contributed by atoms with Gasteiger partial charge in [0.05, 0.1) is 0 Å². The van der Waals surface area contributed by atoms with Crippen LogP contribution in [0.4, 0.5) is 8.78 Å². The molecule has 0 aliphatic heterocycles. The first-order valence-electron chi connectivity index (χ1n) is 7.55. The smallest absolute Gasteiger partial charge is 0.165 e. The monoisotopic (exact) mass is 283 g/mol. The Kier molecular flexibility index (Phi) is 5.77. The number of hydrogen-bond donors (Lipinski definition) is 1. The molecule has 1 saturated carbocycles. The summed E-state index contributed by atoms with van der Waals surface area (Å²) in [5.41, 5.74) is 0. The van der Waals surface area contributed by atoms with Crippen LogP contribution in [0.2, 0.25) is 0 Å². The Balaban J connectivity index is 2.10. The van der Waals surface area contributed by atoms with Gasteiger partial charge in [0.15, 0.2) is 11.6 Å². The Morgan fingerprint density at radius 1 is 1.15 bits per heavy atom. The summed E-state index contributed by atoms with van der Waals surface area (Å²) in [5.74, 6) is -0.936. The fourth-order valence-corrected chi connectivity index (χ4v) is 2.82. The molecule has 1 aromatic carbocycles. The third kappa shape index (κ3) is 4.17. The molecule has 1 aromatic rings. The Morgan fingerprint density at radius 3 is 2.65 bits per heavy atom. The zero-order valence-electron chi connectivity index (χ0n) is 12.0. The molecular weight excluding hydrogens is 260 g/mol. The predicted molar refractivity (Wildman–Crippen MR) is 75.9 cm³/mol. The summed E-state index contributed by atoms with van der Waals surface area (Å²) < 4.78 is 32.7. The fourth-order valence-electron chi connectivity index (χ4n) is 2.82. The molecule has 112 valence electrons. The lowest BCUT2D eigenvalue weighted by Gasteiger charge is -2.30. The van der Waals surface area contributed by atoms with Crippen molar-refractivity contribution in [3.05, 3.63) is 29.8 Å². The van der Waals surface area contributed by atoms with Crippen molar-refractivity contribution >= 4 is 0 Å². The van der Waals surface area contributed by atoms with Gasteiger partial charge in [-0.1, -0.05) is 26.2 Å². The number of halogens is 2.